The van der Waals surface area contributed by atoms with Crippen LogP contribution in [0.15, 0.2) is 45.7 Å². The number of Topliss-reactive ketones (excluding diaryl/α,β-unsaturated/α-hetero) is 1. The molecule has 2 heterocycles. The number of rotatable bonds is 5. The van der Waals surface area contributed by atoms with Gasteiger partial charge in [0.15, 0.2) is 10.9 Å². The summed E-state index contributed by atoms with van der Waals surface area (Å²) < 4.78 is 2.27. The van der Waals surface area contributed by atoms with Gasteiger partial charge in [0.2, 0.25) is 0 Å². The van der Waals surface area contributed by atoms with Gasteiger partial charge in [0, 0.05) is 17.1 Å². The van der Waals surface area contributed by atoms with E-state index in [2.05, 4.69) is 4.98 Å². The number of thioether (sulfide) groups is 1. The lowest BCUT2D eigenvalue weighted by Crippen LogP contribution is -2.23. The standard InChI is InChI=1S/C17H15ClN2O2S2/c1-3-20-16(22)15-13(8-9-23-15)19-17(20)24-10(2)14(21)11-4-6-12(18)7-5-11/h4-10H,3H2,1-2H3. The number of aromatic nitrogens is 2. The van der Waals surface area contributed by atoms with Crippen molar-refractivity contribution in [2.75, 3.05) is 0 Å². The van der Waals surface area contributed by atoms with Crippen molar-refractivity contribution in [3.8, 4) is 0 Å². The van der Waals surface area contributed by atoms with Crippen molar-refractivity contribution >= 4 is 50.7 Å². The fourth-order valence-electron chi connectivity index (χ4n) is 2.35. The molecule has 0 spiro atoms. The van der Waals surface area contributed by atoms with Crippen LogP contribution in [0, 0.1) is 0 Å². The van der Waals surface area contributed by atoms with Crippen molar-refractivity contribution in [3.05, 3.63) is 56.7 Å². The van der Waals surface area contributed by atoms with Gasteiger partial charge in [-0.15, -0.1) is 11.3 Å². The third-order valence-electron chi connectivity index (χ3n) is 3.63. The highest BCUT2D eigenvalue weighted by atomic mass is 35.5. The van der Waals surface area contributed by atoms with E-state index in [1.807, 2.05) is 25.3 Å². The molecule has 0 fully saturated rings. The molecule has 7 heteroatoms. The zero-order valence-electron chi connectivity index (χ0n) is 13.2. The minimum absolute atomic E-state index is 0.0148. The predicted molar refractivity (Wildman–Crippen MR) is 101 cm³/mol. The molecular formula is C17H15ClN2O2S2. The number of benzene rings is 1. The fraction of sp³-hybridized carbons (Fsp3) is 0.235. The monoisotopic (exact) mass is 378 g/mol. The van der Waals surface area contributed by atoms with Gasteiger partial charge in [0.1, 0.15) is 4.70 Å². The Hall–Kier alpha value is -1.63. The Balaban J connectivity index is 1.92. The molecule has 2 aromatic heterocycles. The molecule has 1 unspecified atom stereocenters. The molecule has 0 aliphatic carbocycles. The second-order valence-corrected chi connectivity index (χ2v) is 7.87. The molecule has 0 aliphatic rings. The third-order valence-corrected chi connectivity index (χ3v) is 5.86. The summed E-state index contributed by atoms with van der Waals surface area (Å²) in [5, 5.41) is 2.67. The van der Waals surface area contributed by atoms with Gasteiger partial charge in [-0.05, 0) is 49.6 Å². The smallest absolute Gasteiger partial charge is 0.272 e. The Kier molecular flexibility index (Phi) is 5.08. The Morgan fingerprint density at radius 3 is 2.71 bits per heavy atom. The molecule has 24 heavy (non-hydrogen) atoms. The summed E-state index contributed by atoms with van der Waals surface area (Å²) in [6.07, 6.45) is 0. The first kappa shape index (κ1) is 17.2. The molecule has 0 bridgehead atoms. The number of halogens is 1. The second-order valence-electron chi connectivity index (χ2n) is 5.21. The Bertz CT molecular complexity index is 947. The van der Waals surface area contributed by atoms with E-state index in [9.17, 15) is 9.59 Å². The van der Waals surface area contributed by atoms with Gasteiger partial charge in [-0.3, -0.25) is 14.2 Å². The van der Waals surface area contributed by atoms with Crippen LogP contribution in [0.2, 0.25) is 5.02 Å². The fourth-order valence-corrected chi connectivity index (χ4v) is 4.31. The maximum absolute atomic E-state index is 12.6. The number of carbonyl (C=O) groups is 1. The van der Waals surface area contributed by atoms with Gasteiger partial charge in [0.05, 0.1) is 10.8 Å². The van der Waals surface area contributed by atoms with Crippen LogP contribution in [-0.4, -0.2) is 20.6 Å². The maximum Gasteiger partial charge on any atom is 0.272 e. The van der Waals surface area contributed by atoms with Gasteiger partial charge >= 0.3 is 0 Å². The lowest BCUT2D eigenvalue weighted by molar-refractivity contribution is 0.0994. The van der Waals surface area contributed by atoms with Gasteiger partial charge < -0.3 is 0 Å². The minimum Gasteiger partial charge on any atom is -0.293 e. The van der Waals surface area contributed by atoms with Crippen LogP contribution in [0.3, 0.4) is 0 Å². The summed E-state index contributed by atoms with van der Waals surface area (Å²) in [7, 11) is 0. The van der Waals surface area contributed by atoms with Crippen molar-refractivity contribution in [3.63, 3.8) is 0 Å². The molecule has 0 N–H and O–H groups in total. The Morgan fingerprint density at radius 2 is 2.04 bits per heavy atom. The van der Waals surface area contributed by atoms with E-state index < -0.39 is 0 Å². The quantitative estimate of drug-likeness (QED) is 0.373. The van der Waals surface area contributed by atoms with E-state index in [-0.39, 0.29) is 16.6 Å². The van der Waals surface area contributed by atoms with E-state index in [0.717, 1.165) is 0 Å². The maximum atomic E-state index is 12.6. The Morgan fingerprint density at radius 1 is 1.33 bits per heavy atom. The van der Waals surface area contributed by atoms with Crippen molar-refractivity contribution in [1.82, 2.24) is 9.55 Å². The number of carbonyl (C=O) groups excluding carboxylic acids is 1. The van der Waals surface area contributed by atoms with Gasteiger partial charge in [-0.1, -0.05) is 23.4 Å². The van der Waals surface area contributed by atoms with E-state index in [1.54, 1.807) is 28.8 Å². The summed E-state index contributed by atoms with van der Waals surface area (Å²) in [6.45, 7) is 4.24. The molecule has 1 atom stereocenters. The molecule has 1 aromatic carbocycles. The van der Waals surface area contributed by atoms with Crippen LogP contribution in [0.5, 0.6) is 0 Å². The highest BCUT2D eigenvalue weighted by molar-refractivity contribution is 8.00. The topological polar surface area (TPSA) is 52.0 Å². The summed E-state index contributed by atoms with van der Waals surface area (Å²) in [6, 6.07) is 8.65. The molecule has 0 saturated carbocycles. The first-order valence-electron chi connectivity index (χ1n) is 7.45. The summed E-state index contributed by atoms with van der Waals surface area (Å²) >= 11 is 8.56. The number of nitrogens with zero attached hydrogens (tertiary/aromatic N) is 2. The van der Waals surface area contributed by atoms with Crippen LogP contribution in [0.4, 0.5) is 0 Å². The molecule has 3 rings (SSSR count). The molecule has 124 valence electrons. The van der Waals surface area contributed by atoms with E-state index in [1.165, 1.54) is 23.1 Å². The van der Waals surface area contributed by atoms with Gasteiger partial charge in [-0.25, -0.2) is 4.98 Å². The van der Waals surface area contributed by atoms with Crippen molar-refractivity contribution in [1.29, 1.82) is 0 Å². The molecule has 0 radical (unpaired) electrons. The van der Waals surface area contributed by atoms with Crippen molar-refractivity contribution < 1.29 is 4.79 Å². The van der Waals surface area contributed by atoms with Gasteiger partial charge in [0.25, 0.3) is 5.56 Å². The second kappa shape index (κ2) is 7.09. The summed E-state index contributed by atoms with van der Waals surface area (Å²) in [4.78, 5) is 29.7. The number of fused-ring (bicyclic) bond motifs is 1. The largest absolute Gasteiger partial charge is 0.293 e. The SMILES string of the molecule is CCn1c(SC(C)C(=O)c2ccc(Cl)cc2)nc2ccsc2c1=O. The minimum atomic E-state index is -0.355. The van der Waals surface area contributed by atoms with E-state index in [0.29, 0.717) is 32.5 Å². The number of thiophene rings is 1. The van der Waals surface area contributed by atoms with E-state index in [4.69, 9.17) is 11.6 Å². The Labute approximate surface area is 152 Å². The average Bonchev–Trinajstić information content (AvgIpc) is 3.04. The average molecular weight is 379 g/mol. The van der Waals surface area contributed by atoms with Crippen LogP contribution in [0.25, 0.3) is 10.2 Å². The highest BCUT2D eigenvalue weighted by Crippen LogP contribution is 2.26. The van der Waals surface area contributed by atoms with Crippen molar-refractivity contribution in [2.24, 2.45) is 0 Å². The van der Waals surface area contributed by atoms with Gasteiger partial charge in [-0.2, -0.15) is 0 Å². The third kappa shape index (κ3) is 3.27. The predicted octanol–water partition coefficient (Wildman–Crippen LogP) is 4.49. The van der Waals surface area contributed by atoms with Crippen molar-refractivity contribution in [2.45, 2.75) is 30.8 Å². The lowest BCUT2D eigenvalue weighted by atomic mass is 10.1. The zero-order valence-corrected chi connectivity index (χ0v) is 15.5. The summed E-state index contributed by atoms with van der Waals surface area (Å²) in [5.41, 5.74) is 1.23. The number of hydrogen-bond acceptors (Lipinski definition) is 5. The molecule has 0 amide bonds. The molecular weight excluding hydrogens is 364 g/mol. The summed E-state index contributed by atoms with van der Waals surface area (Å²) in [5.74, 6) is -0.0148. The van der Waals surface area contributed by atoms with Crippen LogP contribution < -0.4 is 5.56 Å². The molecule has 4 nitrogen and oxygen atoms in total. The van der Waals surface area contributed by atoms with E-state index >= 15 is 0 Å². The molecule has 0 saturated heterocycles. The first-order valence-corrected chi connectivity index (χ1v) is 9.59. The first-order chi connectivity index (χ1) is 11.5. The zero-order chi connectivity index (χ0) is 17.3. The molecule has 0 aliphatic heterocycles. The highest BCUT2D eigenvalue weighted by Gasteiger charge is 2.20. The normalized spacial score (nSPS) is 12.5. The molecule has 3 aromatic rings. The van der Waals surface area contributed by atoms with Crippen LogP contribution >= 0.6 is 34.7 Å². The lowest BCUT2D eigenvalue weighted by Gasteiger charge is -2.14. The van der Waals surface area contributed by atoms with Crippen LogP contribution in [0.1, 0.15) is 24.2 Å². The van der Waals surface area contributed by atoms with Crippen LogP contribution in [-0.2, 0) is 6.54 Å². The number of ketones is 1. The number of hydrogen-bond donors (Lipinski definition) is 0.